The predicted octanol–water partition coefficient (Wildman–Crippen LogP) is 3.41. The molecule has 100 valence electrons. The second-order valence-corrected chi connectivity index (χ2v) is 5.12. The van der Waals surface area contributed by atoms with Gasteiger partial charge in [0.25, 0.3) is 0 Å². The van der Waals surface area contributed by atoms with Crippen LogP contribution in [-0.4, -0.2) is 21.5 Å². The lowest BCUT2D eigenvalue weighted by atomic mass is 10.2. The lowest BCUT2D eigenvalue weighted by molar-refractivity contribution is 0.0515. The van der Waals surface area contributed by atoms with Crippen LogP contribution in [0.5, 0.6) is 0 Å². The van der Waals surface area contributed by atoms with Gasteiger partial charge < -0.3 is 10.1 Å². The normalized spacial score (nSPS) is 11.1. The van der Waals surface area contributed by atoms with Crippen molar-refractivity contribution in [1.82, 2.24) is 9.78 Å². The maximum Gasteiger partial charge on any atom is 0.435 e. The van der Waals surface area contributed by atoms with Crippen LogP contribution in [-0.2, 0) is 4.74 Å². The van der Waals surface area contributed by atoms with Gasteiger partial charge in [-0.3, -0.25) is 0 Å². The number of carbonyl (C=O) groups excluding carboxylic acids is 1. The second kappa shape index (κ2) is 5.14. The van der Waals surface area contributed by atoms with E-state index < -0.39 is 11.7 Å². The molecule has 0 aliphatic heterocycles. The largest absolute Gasteiger partial charge is 0.442 e. The van der Waals surface area contributed by atoms with Crippen molar-refractivity contribution in [1.29, 1.82) is 0 Å². The van der Waals surface area contributed by atoms with Gasteiger partial charge in [-0.05, 0) is 32.9 Å². The summed E-state index contributed by atoms with van der Waals surface area (Å²) in [5.41, 5.74) is 0.382. The Labute approximate surface area is 112 Å². The maximum atomic E-state index is 11.8. The monoisotopic (exact) mass is 259 g/mol. The molecule has 0 unspecified atom stereocenters. The van der Waals surface area contributed by atoms with Crippen molar-refractivity contribution in [2.75, 3.05) is 5.32 Å². The molecule has 0 aliphatic carbocycles. The number of hydrogen-bond acceptors (Lipinski definition) is 4. The Hall–Kier alpha value is -2.30. The summed E-state index contributed by atoms with van der Waals surface area (Å²) in [5, 5.41) is 7.22. The molecule has 5 nitrogen and oxygen atoms in total. The van der Waals surface area contributed by atoms with Gasteiger partial charge in [-0.2, -0.15) is 4.68 Å². The third-order valence-corrected chi connectivity index (χ3v) is 2.22. The third-order valence-electron chi connectivity index (χ3n) is 2.22. The number of nitrogens with one attached hydrogen (secondary N) is 1. The van der Waals surface area contributed by atoms with Crippen LogP contribution in [0, 0.1) is 0 Å². The van der Waals surface area contributed by atoms with Crippen LogP contribution in [0.4, 0.5) is 16.3 Å². The molecule has 2 aromatic rings. The van der Waals surface area contributed by atoms with Gasteiger partial charge in [0, 0.05) is 18.0 Å². The van der Waals surface area contributed by atoms with Crippen LogP contribution in [0.3, 0.4) is 0 Å². The summed E-state index contributed by atoms with van der Waals surface area (Å²) in [4.78, 5) is 11.8. The summed E-state index contributed by atoms with van der Waals surface area (Å²) in [7, 11) is 0. The fraction of sp³-hybridized carbons (Fsp3) is 0.286. The Morgan fingerprint density at radius 2 is 1.89 bits per heavy atom. The molecule has 0 saturated carbocycles. The van der Waals surface area contributed by atoms with Gasteiger partial charge in [0.15, 0.2) is 5.82 Å². The Bertz CT molecular complexity index is 556. The van der Waals surface area contributed by atoms with Crippen molar-refractivity contribution in [3.63, 3.8) is 0 Å². The number of ether oxygens (including phenoxy) is 1. The highest BCUT2D eigenvalue weighted by Crippen LogP contribution is 2.14. The molecule has 0 amide bonds. The molecule has 0 radical (unpaired) electrons. The Kier molecular flexibility index (Phi) is 3.55. The van der Waals surface area contributed by atoms with Crippen LogP contribution in [0.1, 0.15) is 20.8 Å². The number of benzene rings is 1. The summed E-state index contributed by atoms with van der Waals surface area (Å²) >= 11 is 0. The standard InChI is InChI=1S/C14H17N3O2/c1-14(2,3)19-13(18)17-10-9-12(16-17)15-11-7-5-4-6-8-11/h4-10H,1-3H3,(H,15,16). The minimum absolute atomic E-state index is 0.492. The first-order valence-electron chi connectivity index (χ1n) is 6.05. The van der Waals surface area contributed by atoms with E-state index in [4.69, 9.17) is 4.74 Å². The van der Waals surface area contributed by atoms with E-state index in [2.05, 4.69) is 10.4 Å². The van der Waals surface area contributed by atoms with Gasteiger partial charge in [0.1, 0.15) is 5.60 Å². The number of carbonyl (C=O) groups is 1. The van der Waals surface area contributed by atoms with Crippen LogP contribution in [0.25, 0.3) is 0 Å². The number of anilines is 2. The van der Waals surface area contributed by atoms with Crippen molar-refractivity contribution < 1.29 is 9.53 Å². The quantitative estimate of drug-likeness (QED) is 0.898. The number of nitrogens with zero attached hydrogens (tertiary/aromatic N) is 2. The third kappa shape index (κ3) is 3.84. The average Bonchev–Trinajstić information content (AvgIpc) is 2.77. The highest BCUT2D eigenvalue weighted by molar-refractivity contribution is 5.70. The molecule has 0 bridgehead atoms. The number of hydrogen-bond donors (Lipinski definition) is 1. The Balaban J connectivity index is 2.05. The van der Waals surface area contributed by atoms with Gasteiger partial charge in [0.05, 0.1) is 0 Å². The molecule has 0 aliphatic rings. The van der Waals surface area contributed by atoms with E-state index >= 15 is 0 Å². The average molecular weight is 259 g/mol. The molecule has 0 saturated heterocycles. The lowest BCUT2D eigenvalue weighted by Gasteiger charge is -2.18. The zero-order valence-corrected chi connectivity index (χ0v) is 11.3. The van der Waals surface area contributed by atoms with Crippen molar-refractivity contribution >= 4 is 17.6 Å². The fourth-order valence-corrected chi connectivity index (χ4v) is 1.47. The van der Waals surface area contributed by atoms with E-state index in [0.717, 1.165) is 5.69 Å². The SMILES string of the molecule is CC(C)(C)OC(=O)n1ccc(Nc2ccccc2)n1. The molecule has 0 fully saturated rings. The summed E-state index contributed by atoms with van der Waals surface area (Å²) in [6.07, 6.45) is 1.08. The summed E-state index contributed by atoms with van der Waals surface area (Å²) in [6, 6.07) is 11.3. The van der Waals surface area contributed by atoms with E-state index in [0.29, 0.717) is 5.82 Å². The number of aromatic nitrogens is 2. The molecule has 1 heterocycles. The molecule has 0 atom stereocenters. The highest BCUT2D eigenvalue weighted by atomic mass is 16.6. The summed E-state index contributed by atoms with van der Waals surface area (Å²) < 4.78 is 6.40. The van der Waals surface area contributed by atoms with E-state index in [1.54, 1.807) is 12.3 Å². The molecular formula is C14H17N3O2. The smallest absolute Gasteiger partial charge is 0.435 e. The van der Waals surface area contributed by atoms with Crippen molar-refractivity contribution in [3.8, 4) is 0 Å². The fourth-order valence-electron chi connectivity index (χ4n) is 1.47. The molecule has 5 heteroatoms. The molecule has 1 aromatic heterocycles. The summed E-state index contributed by atoms with van der Waals surface area (Å²) in [5.74, 6) is 0.594. The van der Waals surface area contributed by atoms with Gasteiger partial charge in [-0.1, -0.05) is 18.2 Å². The zero-order chi connectivity index (χ0) is 13.9. The van der Waals surface area contributed by atoms with Gasteiger partial charge >= 0.3 is 6.09 Å². The molecule has 1 aromatic carbocycles. The molecule has 0 spiro atoms. The van der Waals surface area contributed by atoms with Gasteiger partial charge in [0.2, 0.25) is 0 Å². The topological polar surface area (TPSA) is 56.1 Å². The minimum atomic E-state index is -0.532. The van der Waals surface area contributed by atoms with Gasteiger partial charge in [-0.25, -0.2) is 4.79 Å². The predicted molar refractivity (Wildman–Crippen MR) is 73.6 cm³/mol. The van der Waals surface area contributed by atoms with E-state index in [-0.39, 0.29) is 0 Å². The van der Waals surface area contributed by atoms with Gasteiger partial charge in [-0.15, -0.1) is 5.10 Å². The zero-order valence-electron chi connectivity index (χ0n) is 11.3. The van der Waals surface area contributed by atoms with E-state index in [1.165, 1.54) is 4.68 Å². The first-order valence-corrected chi connectivity index (χ1v) is 6.05. The Morgan fingerprint density at radius 1 is 1.21 bits per heavy atom. The van der Waals surface area contributed by atoms with Crippen molar-refractivity contribution in [2.45, 2.75) is 26.4 Å². The second-order valence-electron chi connectivity index (χ2n) is 5.12. The first kappa shape index (κ1) is 13.1. The maximum absolute atomic E-state index is 11.8. The van der Waals surface area contributed by atoms with Crippen molar-refractivity contribution in [3.05, 3.63) is 42.6 Å². The molecular weight excluding hydrogens is 242 g/mol. The minimum Gasteiger partial charge on any atom is -0.442 e. The number of rotatable bonds is 2. The van der Waals surface area contributed by atoms with Crippen molar-refractivity contribution in [2.24, 2.45) is 0 Å². The van der Waals surface area contributed by atoms with Crippen LogP contribution in [0.15, 0.2) is 42.6 Å². The Morgan fingerprint density at radius 3 is 2.53 bits per heavy atom. The highest BCUT2D eigenvalue weighted by Gasteiger charge is 2.18. The van der Waals surface area contributed by atoms with Crippen LogP contribution >= 0.6 is 0 Å². The number of para-hydroxylation sites is 1. The lowest BCUT2D eigenvalue weighted by Crippen LogP contribution is -2.27. The first-order chi connectivity index (χ1) is 8.94. The molecule has 1 N–H and O–H groups in total. The van der Waals surface area contributed by atoms with Crippen LogP contribution < -0.4 is 5.32 Å². The van der Waals surface area contributed by atoms with E-state index in [9.17, 15) is 4.79 Å². The van der Waals surface area contributed by atoms with E-state index in [1.807, 2.05) is 51.1 Å². The summed E-state index contributed by atoms with van der Waals surface area (Å²) in [6.45, 7) is 5.45. The molecule has 2 rings (SSSR count). The molecule has 19 heavy (non-hydrogen) atoms. The van der Waals surface area contributed by atoms with Crippen LogP contribution in [0.2, 0.25) is 0 Å².